The van der Waals surface area contributed by atoms with Crippen LogP contribution in [0.15, 0.2) is 6.07 Å². The van der Waals surface area contributed by atoms with Gasteiger partial charge < -0.3 is 5.32 Å². The third-order valence-electron chi connectivity index (χ3n) is 4.47. The van der Waals surface area contributed by atoms with E-state index < -0.39 is 5.41 Å². The van der Waals surface area contributed by atoms with Gasteiger partial charge in [-0.2, -0.15) is 5.10 Å². The Labute approximate surface area is 141 Å². The highest BCUT2D eigenvalue weighted by Crippen LogP contribution is 2.40. The van der Waals surface area contributed by atoms with Gasteiger partial charge in [0.1, 0.15) is 0 Å². The van der Waals surface area contributed by atoms with Gasteiger partial charge in [-0.3, -0.25) is 14.3 Å². The van der Waals surface area contributed by atoms with E-state index in [9.17, 15) is 9.59 Å². The van der Waals surface area contributed by atoms with Crippen molar-refractivity contribution in [2.45, 2.75) is 46.5 Å². The van der Waals surface area contributed by atoms with Crippen molar-refractivity contribution in [3.63, 3.8) is 0 Å². The number of amides is 1. The van der Waals surface area contributed by atoms with E-state index in [1.165, 1.54) is 0 Å². The molecule has 2 aromatic rings. The molecule has 0 saturated heterocycles. The third kappa shape index (κ3) is 3.05. The number of rotatable bonds is 4. The predicted octanol–water partition coefficient (Wildman–Crippen LogP) is 2.50. The van der Waals surface area contributed by atoms with Gasteiger partial charge in [0.25, 0.3) is 5.91 Å². The molecule has 24 heavy (non-hydrogen) atoms. The van der Waals surface area contributed by atoms with Gasteiger partial charge in [-0.1, -0.05) is 20.8 Å². The minimum Gasteiger partial charge on any atom is -0.345 e. The van der Waals surface area contributed by atoms with Crippen LogP contribution >= 0.6 is 0 Å². The van der Waals surface area contributed by atoms with E-state index >= 15 is 0 Å². The second-order valence-corrected chi connectivity index (χ2v) is 7.63. The molecule has 6 heteroatoms. The van der Waals surface area contributed by atoms with Crippen LogP contribution in [0.5, 0.6) is 0 Å². The van der Waals surface area contributed by atoms with Gasteiger partial charge in [0, 0.05) is 24.1 Å². The number of pyridine rings is 1. The largest absolute Gasteiger partial charge is 0.345 e. The molecule has 0 spiro atoms. The van der Waals surface area contributed by atoms with Crippen LogP contribution in [-0.4, -0.2) is 33.0 Å². The van der Waals surface area contributed by atoms with Crippen LogP contribution in [0, 0.1) is 12.3 Å². The van der Waals surface area contributed by atoms with E-state index in [2.05, 4.69) is 15.4 Å². The normalized spacial score (nSPS) is 14.9. The zero-order valence-corrected chi connectivity index (χ0v) is 14.9. The van der Waals surface area contributed by atoms with Gasteiger partial charge in [-0.25, -0.2) is 4.98 Å². The molecule has 1 saturated carbocycles. The highest BCUT2D eigenvalue weighted by molar-refractivity contribution is 6.07. The second kappa shape index (κ2) is 5.69. The van der Waals surface area contributed by atoms with Crippen LogP contribution < -0.4 is 5.32 Å². The Hall–Kier alpha value is -2.24. The standard InChI is InChI=1S/C18H24N4O2/c1-10-15-12(17(24)19-9-14(23)18(2,3)4)8-13(11-6-7-11)20-16(15)22(5)21-10/h8,11H,6-7,9H2,1-5H3,(H,19,24). The molecule has 0 bridgehead atoms. The average Bonchev–Trinajstić information content (AvgIpc) is 3.30. The Bertz CT molecular complexity index is 826. The predicted molar refractivity (Wildman–Crippen MR) is 92.0 cm³/mol. The van der Waals surface area contributed by atoms with Crippen LogP contribution in [0.2, 0.25) is 0 Å². The summed E-state index contributed by atoms with van der Waals surface area (Å²) in [7, 11) is 1.84. The lowest BCUT2D eigenvalue weighted by Gasteiger charge is -2.17. The van der Waals surface area contributed by atoms with Crippen molar-refractivity contribution in [2.24, 2.45) is 12.5 Å². The van der Waals surface area contributed by atoms with E-state index in [4.69, 9.17) is 0 Å². The van der Waals surface area contributed by atoms with Gasteiger partial charge in [0.05, 0.1) is 23.2 Å². The van der Waals surface area contributed by atoms with Crippen LogP contribution in [-0.2, 0) is 11.8 Å². The van der Waals surface area contributed by atoms with Crippen molar-refractivity contribution >= 4 is 22.7 Å². The second-order valence-electron chi connectivity index (χ2n) is 7.63. The lowest BCUT2D eigenvalue weighted by atomic mass is 9.91. The SMILES string of the molecule is Cc1nn(C)c2nc(C3CC3)cc(C(=O)NCC(=O)C(C)(C)C)c12. The monoisotopic (exact) mass is 328 g/mol. The first kappa shape index (κ1) is 16.6. The van der Waals surface area contributed by atoms with Crippen molar-refractivity contribution in [3.05, 3.63) is 23.0 Å². The molecule has 0 radical (unpaired) electrons. The van der Waals surface area contributed by atoms with Crippen LogP contribution in [0.1, 0.15) is 61.3 Å². The molecule has 1 amide bonds. The first-order valence-electron chi connectivity index (χ1n) is 8.34. The van der Waals surface area contributed by atoms with Crippen LogP contribution in [0.25, 0.3) is 11.0 Å². The number of carbonyl (C=O) groups is 2. The van der Waals surface area contributed by atoms with Gasteiger partial charge in [0.2, 0.25) is 0 Å². The fraction of sp³-hybridized carbons (Fsp3) is 0.556. The van der Waals surface area contributed by atoms with E-state index in [1.807, 2.05) is 40.8 Å². The number of nitrogens with zero attached hydrogens (tertiary/aromatic N) is 3. The number of carbonyl (C=O) groups excluding carboxylic acids is 2. The van der Waals surface area contributed by atoms with Crippen molar-refractivity contribution in [3.8, 4) is 0 Å². The molecule has 0 aliphatic heterocycles. The minimum atomic E-state index is -0.468. The first-order valence-corrected chi connectivity index (χ1v) is 8.34. The zero-order valence-electron chi connectivity index (χ0n) is 14.9. The van der Waals surface area contributed by atoms with E-state index in [0.717, 1.165) is 35.3 Å². The summed E-state index contributed by atoms with van der Waals surface area (Å²) in [5.74, 6) is 0.205. The highest BCUT2D eigenvalue weighted by Gasteiger charge is 2.29. The maximum atomic E-state index is 12.7. The number of nitrogens with one attached hydrogen (secondary N) is 1. The Morgan fingerprint density at radius 1 is 1.33 bits per heavy atom. The van der Waals surface area contributed by atoms with Gasteiger partial charge in [-0.05, 0) is 25.8 Å². The molecular formula is C18H24N4O2. The number of fused-ring (bicyclic) bond motifs is 1. The maximum Gasteiger partial charge on any atom is 0.252 e. The molecule has 1 aliphatic carbocycles. The zero-order chi connectivity index (χ0) is 17.6. The molecule has 1 N–H and O–H groups in total. The number of aromatic nitrogens is 3. The molecule has 0 atom stereocenters. The average molecular weight is 328 g/mol. The van der Waals surface area contributed by atoms with Crippen molar-refractivity contribution < 1.29 is 9.59 Å². The Kier molecular flexibility index (Phi) is 3.94. The topological polar surface area (TPSA) is 76.9 Å². The Morgan fingerprint density at radius 2 is 2.00 bits per heavy atom. The highest BCUT2D eigenvalue weighted by atomic mass is 16.2. The number of aryl methyl sites for hydroxylation is 2. The first-order chi connectivity index (χ1) is 11.2. The molecular weight excluding hydrogens is 304 g/mol. The van der Waals surface area contributed by atoms with E-state index in [-0.39, 0.29) is 18.2 Å². The summed E-state index contributed by atoms with van der Waals surface area (Å²) in [5.41, 5.74) is 2.54. The quantitative estimate of drug-likeness (QED) is 0.935. The van der Waals surface area contributed by atoms with Crippen molar-refractivity contribution in [2.75, 3.05) is 6.54 Å². The fourth-order valence-electron chi connectivity index (χ4n) is 2.75. The summed E-state index contributed by atoms with van der Waals surface area (Å²) in [4.78, 5) is 29.5. The fourth-order valence-corrected chi connectivity index (χ4v) is 2.75. The maximum absolute atomic E-state index is 12.7. The van der Waals surface area contributed by atoms with E-state index in [0.29, 0.717) is 11.5 Å². The summed E-state index contributed by atoms with van der Waals surface area (Å²) in [6, 6.07) is 1.87. The Balaban J connectivity index is 1.95. The number of hydrogen-bond acceptors (Lipinski definition) is 4. The molecule has 3 rings (SSSR count). The smallest absolute Gasteiger partial charge is 0.252 e. The summed E-state index contributed by atoms with van der Waals surface area (Å²) in [6.45, 7) is 7.45. The molecule has 2 heterocycles. The lowest BCUT2D eigenvalue weighted by Crippen LogP contribution is -2.35. The van der Waals surface area contributed by atoms with Gasteiger partial charge in [-0.15, -0.1) is 0 Å². The van der Waals surface area contributed by atoms with Crippen molar-refractivity contribution in [1.29, 1.82) is 0 Å². The number of hydrogen-bond donors (Lipinski definition) is 1. The molecule has 0 aromatic carbocycles. The molecule has 1 aliphatic rings. The summed E-state index contributed by atoms with van der Waals surface area (Å²) in [6.07, 6.45) is 2.22. The lowest BCUT2D eigenvalue weighted by molar-refractivity contribution is -0.125. The van der Waals surface area contributed by atoms with Gasteiger partial charge in [0.15, 0.2) is 11.4 Å². The number of ketones is 1. The van der Waals surface area contributed by atoms with Crippen molar-refractivity contribution in [1.82, 2.24) is 20.1 Å². The molecule has 1 fully saturated rings. The minimum absolute atomic E-state index is 0.00600. The molecule has 2 aromatic heterocycles. The number of Topliss-reactive ketones (excluding diaryl/α,β-unsaturated/α-hetero) is 1. The summed E-state index contributed by atoms with van der Waals surface area (Å²) in [5, 5.41) is 7.93. The van der Waals surface area contributed by atoms with Crippen LogP contribution in [0.4, 0.5) is 0 Å². The van der Waals surface area contributed by atoms with Crippen LogP contribution in [0.3, 0.4) is 0 Å². The Morgan fingerprint density at radius 3 is 2.58 bits per heavy atom. The summed E-state index contributed by atoms with van der Waals surface area (Å²) >= 11 is 0. The van der Waals surface area contributed by atoms with E-state index in [1.54, 1.807) is 4.68 Å². The molecule has 0 unspecified atom stereocenters. The third-order valence-corrected chi connectivity index (χ3v) is 4.47. The van der Waals surface area contributed by atoms with Gasteiger partial charge >= 0.3 is 0 Å². The summed E-state index contributed by atoms with van der Waals surface area (Å²) < 4.78 is 1.72. The molecule has 128 valence electrons. The molecule has 6 nitrogen and oxygen atoms in total.